The summed E-state index contributed by atoms with van der Waals surface area (Å²) in [7, 11) is 0. The average molecular weight is 303 g/mol. The lowest BCUT2D eigenvalue weighted by Crippen LogP contribution is -2.31. The van der Waals surface area contributed by atoms with E-state index in [0.717, 1.165) is 4.68 Å². The molecule has 0 saturated carbocycles. The van der Waals surface area contributed by atoms with Crippen molar-refractivity contribution in [2.75, 3.05) is 12.1 Å². The Labute approximate surface area is 117 Å². The summed E-state index contributed by atoms with van der Waals surface area (Å²) in [4.78, 5) is 12.0. The zero-order valence-corrected chi connectivity index (χ0v) is 11.6. The summed E-state index contributed by atoms with van der Waals surface area (Å²) < 4.78 is 0.946. The number of nitrogens with two attached hydrogens (primary N) is 1. The Morgan fingerprint density at radius 2 is 1.83 bits per heavy atom. The molecule has 5 nitrogen and oxygen atoms in total. The molecule has 0 aliphatic heterocycles. The van der Waals surface area contributed by atoms with Gasteiger partial charge in [0.05, 0.1) is 0 Å². The fraction of sp³-hybridized carbons (Fsp3) is 0.100. The molecule has 0 atom stereocenters. The van der Waals surface area contributed by atoms with Gasteiger partial charge in [0.15, 0.2) is 5.69 Å². The van der Waals surface area contributed by atoms with Crippen LogP contribution in [-0.2, 0) is 0 Å². The van der Waals surface area contributed by atoms with E-state index in [2.05, 4.69) is 10.2 Å². The quantitative estimate of drug-likeness (QED) is 0.679. The van der Waals surface area contributed by atoms with Crippen molar-refractivity contribution in [2.24, 2.45) is 0 Å². The van der Waals surface area contributed by atoms with E-state index in [9.17, 15) is 4.79 Å². The van der Waals surface area contributed by atoms with Gasteiger partial charge in [0.25, 0.3) is 5.56 Å². The lowest BCUT2D eigenvalue weighted by molar-refractivity contribution is 0.705. The monoisotopic (exact) mass is 302 g/mol. The van der Waals surface area contributed by atoms with Gasteiger partial charge in [-0.05, 0) is 24.5 Å². The third kappa shape index (κ3) is 2.45. The summed E-state index contributed by atoms with van der Waals surface area (Å²) >= 11 is 13.0. The summed E-state index contributed by atoms with van der Waals surface area (Å²) in [6, 6.07) is 4.73. The average Bonchev–Trinajstić information content (AvgIpc) is 2.31. The summed E-state index contributed by atoms with van der Waals surface area (Å²) in [6.45, 7) is 0. The van der Waals surface area contributed by atoms with Crippen LogP contribution in [0.3, 0.4) is 0 Å². The van der Waals surface area contributed by atoms with Gasteiger partial charge >= 0.3 is 0 Å². The second-order valence-corrected chi connectivity index (χ2v) is 5.01. The highest BCUT2D eigenvalue weighted by atomic mass is 35.5. The number of hydrogen-bond acceptors (Lipinski definition) is 5. The molecule has 0 aliphatic rings. The van der Waals surface area contributed by atoms with Crippen molar-refractivity contribution in [3.05, 3.63) is 38.6 Å². The molecular weight excluding hydrogens is 295 g/mol. The fourth-order valence-electron chi connectivity index (χ4n) is 1.40. The van der Waals surface area contributed by atoms with Crippen LogP contribution in [0.2, 0.25) is 10.0 Å². The molecule has 0 bridgehead atoms. The Morgan fingerprint density at radius 3 is 2.39 bits per heavy atom. The fourth-order valence-corrected chi connectivity index (χ4v) is 2.32. The van der Waals surface area contributed by atoms with Gasteiger partial charge in [0, 0.05) is 15.6 Å². The number of nitrogens with zero attached hydrogens (tertiary/aromatic N) is 3. The van der Waals surface area contributed by atoms with Gasteiger partial charge in [-0.25, -0.2) is 0 Å². The van der Waals surface area contributed by atoms with Gasteiger partial charge in [-0.1, -0.05) is 35.0 Å². The third-order valence-corrected chi connectivity index (χ3v) is 3.26. The molecule has 0 fully saturated rings. The standard InChI is InChI=1S/C10H8Cl2N4OS/c1-18-10-15-14-8(9(17)16(10)13)5-2-6(11)4-7(12)3-5/h2-4H,13H2,1H3. The van der Waals surface area contributed by atoms with Crippen molar-refractivity contribution >= 4 is 35.0 Å². The van der Waals surface area contributed by atoms with E-state index in [1.165, 1.54) is 11.8 Å². The molecule has 1 aromatic carbocycles. The Morgan fingerprint density at radius 1 is 1.22 bits per heavy atom. The van der Waals surface area contributed by atoms with E-state index in [-0.39, 0.29) is 5.69 Å². The first-order valence-electron chi connectivity index (χ1n) is 4.78. The minimum atomic E-state index is -0.451. The maximum absolute atomic E-state index is 12.0. The van der Waals surface area contributed by atoms with E-state index >= 15 is 0 Å². The largest absolute Gasteiger partial charge is 0.334 e. The minimum Gasteiger partial charge on any atom is -0.334 e. The maximum Gasteiger partial charge on any atom is 0.299 e. The van der Waals surface area contributed by atoms with E-state index in [4.69, 9.17) is 29.0 Å². The van der Waals surface area contributed by atoms with Crippen LogP contribution in [0.25, 0.3) is 11.3 Å². The van der Waals surface area contributed by atoms with Crippen molar-refractivity contribution in [2.45, 2.75) is 5.16 Å². The van der Waals surface area contributed by atoms with E-state index in [1.54, 1.807) is 24.5 Å². The molecule has 0 spiro atoms. The minimum absolute atomic E-state index is 0.111. The smallest absolute Gasteiger partial charge is 0.299 e. The van der Waals surface area contributed by atoms with Crippen LogP contribution in [0.1, 0.15) is 0 Å². The predicted molar refractivity (Wildman–Crippen MR) is 73.7 cm³/mol. The van der Waals surface area contributed by atoms with Crippen LogP contribution in [0.15, 0.2) is 28.2 Å². The van der Waals surface area contributed by atoms with E-state index in [1.807, 2.05) is 0 Å². The number of rotatable bonds is 2. The second kappa shape index (κ2) is 5.17. The zero-order valence-electron chi connectivity index (χ0n) is 9.22. The predicted octanol–water partition coefficient (Wildman–Crippen LogP) is 2.05. The SMILES string of the molecule is CSc1nnc(-c2cc(Cl)cc(Cl)c2)c(=O)n1N. The van der Waals surface area contributed by atoms with Crippen molar-refractivity contribution < 1.29 is 0 Å². The van der Waals surface area contributed by atoms with Gasteiger partial charge in [-0.2, -0.15) is 4.68 Å². The Hall–Kier alpha value is -1.24. The van der Waals surface area contributed by atoms with Crippen LogP contribution in [0, 0.1) is 0 Å². The van der Waals surface area contributed by atoms with Crippen molar-refractivity contribution in [3.63, 3.8) is 0 Å². The number of halogens is 2. The number of aromatic nitrogens is 3. The van der Waals surface area contributed by atoms with Crippen LogP contribution < -0.4 is 11.4 Å². The summed E-state index contributed by atoms with van der Waals surface area (Å²) in [5, 5.41) is 8.88. The van der Waals surface area contributed by atoms with Crippen LogP contribution in [-0.4, -0.2) is 21.1 Å². The summed E-state index contributed by atoms with van der Waals surface area (Å²) in [5.41, 5.74) is 0.143. The normalized spacial score (nSPS) is 10.6. The van der Waals surface area contributed by atoms with Crippen LogP contribution in [0.4, 0.5) is 0 Å². The third-order valence-electron chi connectivity index (χ3n) is 2.18. The zero-order chi connectivity index (χ0) is 13.3. The number of benzene rings is 1. The molecule has 2 aromatic rings. The topological polar surface area (TPSA) is 73.8 Å². The number of thioether (sulfide) groups is 1. The van der Waals surface area contributed by atoms with Crippen molar-refractivity contribution in [3.8, 4) is 11.3 Å². The molecule has 0 saturated heterocycles. The number of nitrogen functional groups attached to an aromatic ring is 1. The Balaban J connectivity index is 2.65. The van der Waals surface area contributed by atoms with E-state index in [0.29, 0.717) is 20.8 Å². The molecule has 0 aliphatic carbocycles. The molecule has 0 unspecified atom stereocenters. The van der Waals surface area contributed by atoms with Gasteiger partial charge in [-0.15, -0.1) is 10.2 Å². The second-order valence-electron chi connectivity index (χ2n) is 3.37. The Kier molecular flexibility index (Phi) is 3.79. The first-order valence-corrected chi connectivity index (χ1v) is 6.76. The highest BCUT2D eigenvalue weighted by Gasteiger charge is 2.12. The van der Waals surface area contributed by atoms with Gasteiger partial charge in [0.1, 0.15) is 0 Å². The first kappa shape index (κ1) is 13.2. The summed E-state index contributed by atoms with van der Waals surface area (Å²) in [6.07, 6.45) is 1.75. The van der Waals surface area contributed by atoms with Crippen LogP contribution >= 0.6 is 35.0 Å². The molecule has 1 aromatic heterocycles. The first-order chi connectivity index (χ1) is 8.52. The lowest BCUT2D eigenvalue weighted by Gasteiger charge is -2.06. The molecule has 2 N–H and O–H groups in total. The highest BCUT2D eigenvalue weighted by molar-refractivity contribution is 7.98. The summed E-state index contributed by atoms with van der Waals surface area (Å²) in [5.74, 6) is 5.62. The van der Waals surface area contributed by atoms with E-state index < -0.39 is 5.56 Å². The molecule has 94 valence electrons. The molecule has 18 heavy (non-hydrogen) atoms. The molecule has 0 radical (unpaired) electrons. The van der Waals surface area contributed by atoms with Gasteiger partial charge in [0.2, 0.25) is 5.16 Å². The molecule has 8 heteroatoms. The Bertz CT molecular complexity index is 639. The molecule has 0 amide bonds. The molecular formula is C10H8Cl2N4OS. The number of hydrogen-bond donors (Lipinski definition) is 1. The highest BCUT2D eigenvalue weighted by Crippen LogP contribution is 2.24. The molecule has 2 rings (SSSR count). The molecule has 1 heterocycles. The van der Waals surface area contributed by atoms with Crippen molar-refractivity contribution in [1.82, 2.24) is 14.9 Å². The van der Waals surface area contributed by atoms with Crippen LogP contribution in [0.5, 0.6) is 0 Å². The maximum atomic E-state index is 12.0. The van der Waals surface area contributed by atoms with Crippen molar-refractivity contribution in [1.29, 1.82) is 0 Å². The van der Waals surface area contributed by atoms with Gasteiger partial charge < -0.3 is 5.84 Å². The lowest BCUT2D eigenvalue weighted by atomic mass is 10.2. The van der Waals surface area contributed by atoms with Gasteiger partial charge in [-0.3, -0.25) is 4.79 Å².